The third kappa shape index (κ3) is 4.22. The third-order valence-electron chi connectivity index (χ3n) is 2.54. The average Bonchev–Trinajstić information content (AvgIpc) is 2.24. The van der Waals surface area contributed by atoms with Crippen LogP contribution in [0.25, 0.3) is 0 Å². The second-order valence-corrected chi connectivity index (χ2v) is 10.1. The maximum Gasteiger partial charge on any atom is 0.0775 e. The molecular weight excluding hydrogens is 210 g/mol. The highest BCUT2D eigenvalue weighted by molar-refractivity contribution is 6.88. The summed E-state index contributed by atoms with van der Waals surface area (Å²) in [6.07, 6.45) is 0. The molecule has 0 fully saturated rings. The zero-order chi connectivity index (χ0) is 12.0. The highest BCUT2D eigenvalue weighted by atomic mass is 28.3. The number of rotatable bonds is 4. The molecule has 0 spiro atoms. The Morgan fingerprint density at radius 3 is 2.25 bits per heavy atom. The zero-order valence-corrected chi connectivity index (χ0v) is 11.7. The Bertz CT molecular complexity index is 376. The van der Waals surface area contributed by atoms with Gasteiger partial charge in [-0.1, -0.05) is 55.0 Å². The van der Waals surface area contributed by atoms with E-state index in [0.29, 0.717) is 0 Å². The van der Waals surface area contributed by atoms with Gasteiger partial charge in [-0.2, -0.15) is 0 Å². The Balaban J connectivity index is 2.54. The molecule has 16 heavy (non-hydrogen) atoms. The fourth-order valence-electron chi connectivity index (χ4n) is 1.48. The van der Waals surface area contributed by atoms with Crippen molar-refractivity contribution in [2.75, 3.05) is 6.54 Å². The van der Waals surface area contributed by atoms with Crippen molar-refractivity contribution in [1.29, 1.82) is 0 Å². The lowest BCUT2D eigenvalue weighted by atomic mass is 10.2. The molecule has 86 valence electrons. The van der Waals surface area contributed by atoms with Crippen molar-refractivity contribution in [1.82, 2.24) is 5.32 Å². The van der Waals surface area contributed by atoms with Gasteiger partial charge in [-0.15, -0.1) is 5.92 Å². The van der Waals surface area contributed by atoms with Crippen molar-refractivity contribution in [3.05, 3.63) is 29.8 Å². The number of hydrogen-bond acceptors (Lipinski definition) is 1. The van der Waals surface area contributed by atoms with Gasteiger partial charge >= 0.3 is 0 Å². The van der Waals surface area contributed by atoms with Crippen LogP contribution in [0.3, 0.4) is 0 Å². The Kier molecular flexibility index (Phi) is 4.79. The number of nitrogens with one attached hydrogen (secondary N) is 1. The van der Waals surface area contributed by atoms with Crippen LogP contribution in [-0.4, -0.2) is 14.6 Å². The second-order valence-electron chi connectivity index (χ2n) is 4.98. The first-order valence-corrected chi connectivity index (χ1v) is 9.24. The monoisotopic (exact) mass is 231 g/mol. The van der Waals surface area contributed by atoms with Crippen molar-refractivity contribution in [3.8, 4) is 11.8 Å². The summed E-state index contributed by atoms with van der Waals surface area (Å²) in [6.45, 7) is 10.7. The molecule has 1 N–H and O–H groups in total. The van der Waals surface area contributed by atoms with E-state index in [-0.39, 0.29) is 0 Å². The number of benzene rings is 1. The molecule has 0 saturated carbocycles. The Morgan fingerprint density at radius 2 is 1.75 bits per heavy atom. The molecule has 0 heterocycles. The van der Waals surface area contributed by atoms with Gasteiger partial charge in [-0.05, 0) is 12.5 Å². The lowest BCUT2D eigenvalue weighted by Gasteiger charge is -2.16. The molecule has 0 unspecified atom stereocenters. The molecule has 0 aliphatic heterocycles. The van der Waals surface area contributed by atoms with Gasteiger partial charge in [0.25, 0.3) is 0 Å². The van der Waals surface area contributed by atoms with Gasteiger partial charge < -0.3 is 5.32 Å². The first-order chi connectivity index (χ1) is 7.54. The van der Waals surface area contributed by atoms with E-state index < -0.39 is 8.07 Å². The molecule has 0 bridgehead atoms. The summed E-state index contributed by atoms with van der Waals surface area (Å²) < 4.78 is 0. The van der Waals surface area contributed by atoms with Crippen molar-refractivity contribution in [2.24, 2.45) is 0 Å². The fraction of sp³-hybridized carbons (Fsp3) is 0.429. The third-order valence-corrected chi connectivity index (χ3v) is 4.60. The van der Waals surface area contributed by atoms with Crippen LogP contribution in [0.15, 0.2) is 24.3 Å². The van der Waals surface area contributed by atoms with Crippen molar-refractivity contribution in [3.63, 3.8) is 0 Å². The molecule has 0 aromatic heterocycles. The summed E-state index contributed by atoms with van der Waals surface area (Å²) in [5, 5.41) is 4.82. The highest BCUT2D eigenvalue weighted by Gasteiger charge is 2.15. The van der Waals surface area contributed by atoms with Gasteiger partial charge in [0.15, 0.2) is 0 Å². The van der Waals surface area contributed by atoms with Crippen LogP contribution in [0.1, 0.15) is 12.5 Å². The summed E-state index contributed by atoms with van der Waals surface area (Å²) in [5.74, 6) is 5.88. The average molecular weight is 231 g/mol. The summed E-state index contributed by atoms with van der Waals surface area (Å²) in [4.78, 5) is 0. The van der Waals surface area contributed by atoms with E-state index >= 15 is 0 Å². The van der Waals surface area contributed by atoms with E-state index in [4.69, 9.17) is 0 Å². The maximum absolute atomic E-state index is 3.30. The van der Waals surface area contributed by atoms with Crippen molar-refractivity contribution in [2.45, 2.75) is 33.1 Å². The Labute approximate surface area is 100 Å². The lowest BCUT2D eigenvalue weighted by Crippen LogP contribution is -2.37. The van der Waals surface area contributed by atoms with Crippen LogP contribution in [0, 0.1) is 11.8 Å². The number of hydrogen-bond donors (Lipinski definition) is 1. The van der Waals surface area contributed by atoms with Crippen LogP contribution < -0.4 is 10.5 Å². The molecule has 0 amide bonds. The predicted molar refractivity (Wildman–Crippen MR) is 74.6 cm³/mol. The van der Waals surface area contributed by atoms with Gasteiger partial charge in [0.2, 0.25) is 0 Å². The second kappa shape index (κ2) is 5.88. The van der Waals surface area contributed by atoms with E-state index in [0.717, 1.165) is 13.1 Å². The minimum absolute atomic E-state index is 0.770. The Hall–Kier alpha value is -1.04. The van der Waals surface area contributed by atoms with Gasteiger partial charge in [0.1, 0.15) is 0 Å². The summed E-state index contributed by atoms with van der Waals surface area (Å²) in [6, 6.07) is 8.99. The van der Waals surface area contributed by atoms with E-state index in [9.17, 15) is 0 Å². The van der Waals surface area contributed by atoms with Crippen LogP contribution in [0.2, 0.25) is 19.6 Å². The normalized spacial score (nSPS) is 10.8. The fourth-order valence-corrected chi connectivity index (χ4v) is 2.65. The van der Waals surface area contributed by atoms with E-state index in [1.165, 1.54) is 10.8 Å². The summed E-state index contributed by atoms with van der Waals surface area (Å²) in [5.41, 5.74) is 1.33. The van der Waals surface area contributed by atoms with E-state index in [1.807, 2.05) is 6.92 Å². The molecule has 2 heteroatoms. The van der Waals surface area contributed by atoms with Gasteiger partial charge in [-0.3, -0.25) is 0 Å². The van der Waals surface area contributed by atoms with Crippen LogP contribution in [0.5, 0.6) is 0 Å². The largest absolute Gasteiger partial charge is 0.302 e. The minimum atomic E-state index is -1.14. The van der Waals surface area contributed by atoms with Crippen molar-refractivity contribution >= 4 is 13.3 Å². The quantitative estimate of drug-likeness (QED) is 0.476. The molecule has 1 rings (SSSR count). The standard InChI is InChI=1S/C14H21NSi/c1-5-6-11-15-12-13-7-9-14(10-8-13)16(2,3)4/h7-10,15H,11-12H2,1-4H3. The molecule has 1 aromatic carbocycles. The van der Waals surface area contributed by atoms with Gasteiger partial charge in [0.05, 0.1) is 14.6 Å². The lowest BCUT2D eigenvalue weighted by molar-refractivity contribution is 0.770. The topological polar surface area (TPSA) is 12.0 Å². The highest BCUT2D eigenvalue weighted by Crippen LogP contribution is 2.04. The molecular formula is C14H21NSi. The van der Waals surface area contributed by atoms with E-state index in [1.54, 1.807) is 0 Å². The molecule has 0 aliphatic carbocycles. The minimum Gasteiger partial charge on any atom is -0.302 e. The smallest absolute Gasteiger partial charge is 0.0775 e. The van der Waals surface area contributed by atoms with Crippen LogP contribution >= 0.6 is 0 Å². The summed E-state index contributed by atoms with van der Waals surface area (Å²) in [7, 11) is -1.14. The van der Waals surface area contributed by atoms with Crippen molar-refractivity contribution < 1.29 is 0 Å². The SMILES string of the molecule is CC#CCNCc1ccc([Si](C)(C)C)cc1. The van der Waals surface area contributed by atoms with Crippen LogP contribution in [0.4, 0.5) is 0 Å². The first kappa shape index (κ1) is 13.0. The molecule has 0 aliphatic rings. The zero-order valence-electron chi connectivity index (χ0n) is 10.7. The van der Waals surface area contributed by atoms with Gasteiger partial charge in [0, 0.05) is 6.54 Å². The molecule has 0 saturated heterocycles. The molecule has 0 atom stereocenters. The molecule has 0 radical (unpaired) electrons. The molecule has 1 nitrogen and oxygen atoms in total. The van der Waals surface area contributed by atoms with Gasteiger partial charge in [-0.25, -0.2) is 0 Å². The van der Waals surface area contributed by atoms with E-state index in [2.05, 4.69) is 61.1 Å². The predicted octanol–water partition coefficient (Wildman–Crippen LogP) is 2.34. The molecule has 1 aromatic rings. The summed E-state index contributed by atoms with van der Waals surface area (Å²) >= 11 is 0. The Morgan fingerprint density at radius 1 is 1.12 bits per heavy atom. The maximum atomic E-state index is 3.30. The van der Waals surface area contributed by atoms with Crippen LogP contribution in [-0.2, 0) is 6.54 Å². The first-order valence-electron chi connectivity index (χ1n) is 5.74.